The lowest BCUT2D eigenvalue weighted by molar-refractivity contribution is -0.125. The fourth-order valence-electron chi connectivity index (χ4n) is 3.14. The van der Waals surface area contributed by atoms with Crippen LogP contribution in [0, 0.1) is 5.92 Å². The number of carbonyl (C=O) groups excluding carboxylic acids is 1. The number of ether oxygens (including phenoxy) is 2. The fourth-order valence-corrected chi connectivity index (χ4v) is 3.14. The average Bonchev–Trinajstić information content (AvgIpc) is 2.80. The molecule has 2 saturated heterocycles. The monoisotopic (exact) mass is 277 g/mol. The molecule has 0 saturated carbocycles. The zero-order valence-corrected chi connectivity index (χ0v) is 11.5. The van der Waals surface area contributed by atoms with Gasteiger partial charge in [-0.2, -0.15) is 0 Å². The van der Waals surface area contributed by atoms with E-state index >= 15 is 0 Å². The van der Waals surface area contributed by atoms with Gasteiger partial charge in [-0.3, -0.25) is 4.79 Å². The van der Waals surface area contributed by atoms with Crippen LogP contribution in [0.3, 0.4) is 0 Å². The van der Waals surface area contributed by atoms with Gasteiger partial charge in [0.05, 0.1) is 19.7 Å². The van der Waals surface area contributed by atoms with Gasteiger partial charge in [-0.05, 0) is 24.6 Å². The molecule has 1 amide bonds. The summed E-state index contributed by atoms with van der Waals surface area (Å²) in [5, 5.41) is 9.44. The molecule has 5 nitrogen and oxygen atoms in total. The molecule has 1 N–H and O–H groups in total. The summed E-state index contributed by atoms with van der Waals surface area (Å²) < 4.78 is 11.1. The third-order valence-electron chi connectivity index (χ3n) is 4.27. The molecule has 2 aliphatic rings. The van der Waals surface area contributed by atoms with Crippen molar-refractivity contribution in [2.75, 3.05) is 33.4 Å². The van der Waals surface area contributed by atoms with Crippen molar-refractivity contribution in [1.82, 2.24) is 4.90 Å². The third-order valence-corrected chi connectivity index (χ3v) is 4.27. The summed E-state index contributed by atoms with van der Waals surface area (Å²) in [6.45, 7) is 2.63. The number of phenols is 1. The minimum absolute atomic E-state index is 0.0572. The maximum absolute atomic E-state index is 12.3. The lowest BCUT2D eigenvalue weighted by Crippen LogP contribution is -2.66. The summed E-state index contributed by atoms with van der Waals surface area (Å²) in [6, 6.07) is 6.45. The van der Waals surface area contributed by atoms with Crippen LogP contribution in [0.15, 0.2) is 24.3 Å². The Kier molecular flexibility index (Phi) is 3.40. The van der Waals surface area contributed by atoms with E-state index in [-0.39, 0.29) is 17.3 Å². The van der Waals surface area contributed by atoms with Crippen molar-refractivity contribution in [3.63, 3.8) is 0 Å². The number of methoxy groups -OCH3 is 1. The van der Waals surface area contributed by atoms with Gasteiger partial charge in [0.1, 0.15) is 11.4 Å². The first-order chi connectivity index (χ1) is 9.64. The highest BCUT2D eigenvalue weighted by Crippen LogP contribution is 2.40. The molecule has 3 rings (SSSR count). The molecular weight excluding hydrogens is 258 g/mol. The molecule has 2 aliphatic heterocycles. The van der Waals surface area contributed by atoms with Gasteiger partial charge in [0.25, 0.3) is 5.91 Å². The zero-order valence-electron chi connectivity index (χ0n) is 11.5. The number of carbonyl (C=O) groups is 1. The predicted molar refractivity (Wildman–Crippen MR) is 72.7 cm³/mol. The quantitative estimate of drug-likeness (QED) is 0.904. The summed E-state index contributed by atoms with van der Waals surface area (Å²) in [7, 11) is 1.69. The summed E-state index contributed by atoms with van der Waals surface area (Å²) in [5.41, 5.74) is 0.295. The van der Waals surface area contributed by atoms with E-state index in [4.69, 9.17) is 9.47 Å². The number of nitrogens with zero attached hydrogens (tertiary/aromatic N) is 1. The molecule has 0 bridgehead atoms. The van der Waals surface area contributed by atoms with Gasteiger partial charge in [0.15, 0.2) is 0 Å². The second kappa shape index (κ2) is 5.07. The standard InChI is InChI=1S/C15H19NO4/c1-19-8-12-5-6-20-15(12)9-16(10-15)14(18)11-3-2-4-13(17)7-11/h2-4,7,12,17H,5-6,8-10H2,1H3. The number of likely N-dealkylation sites (tertiary alicyclic amines) is 1. The van der Waals surface area contributed by atoms with Crippen LogP contribution >= 0.6 is 0 Å². The molecule has 2 heterocycles. The van der Waals surface area contributed by atoms with Gasteiger partial charge < -0.3 is 19.5 Å². The first-order valence-electron chi connectivity index (χ1n) is 6.86. The first kappa shape index (κ1) is 13.4. The van der Waals surface area contributed by atoms with E-state index in [0.29, 0.717) is 31.2 Å². The molecule has 0 aromatic heterocycles. The van der Waals surface area contributed by atoms with Crippen molar-refractivity contribution >= 4 is 5.91 Å². The Morgan fingerprint density at radius 2 is 2.35 bits per heavy atom. The first-order valence-corrected chi connectivity index (χ1v) is 6.86. The van der Waals surface area contributed by atoms with Crippen LogP contribution < -0.4 is 0 Å². The van der Waals surface area contributed by atoms with Gasteiger partial charge in [-0.15, -0.1) is 0 Å². The van der Waals surface area contributed by atoms with Crippen molar-refractivity contribution in [2.45, 2.75) is 12.0 Å². The smallest absolute Gasteiger partial charge is 0.254 e. The molecule has 1 aromatic carbocycles. The summed E-state index contributed by atoms with van der Waals surface area (Å²) in [6.07, 6.45) is 0.988. The van der Waals surface area contributed by atoms with Gasteiger partial charge in [0, 0.05) is 25.2 Å². The molecule has 0 aliphatic carbocycles. The molecular formula is C15H19NO4. The van der Waals surface area contributed by atoms with Crippen LogP contribution in [0.25, 0.3) is 0 Å². The minimum atomic E-state index is -0.220. The highest BCUT2D eigenvalue weighted by molar-refractivity contribution is 5.95. The fraction of sp³-hybridized carbons (Fsp3) is 0.533. The maximum atomic E-state index is 12.3. The molecule has 108 valence electrons. The number of phenolic OH excluding ortho intramolecular Hbond substituents is 1. The van der Waals surface area contributed by atoms with Gasteiger partial charge in [-0.1, -0.05) is 6.07 Å². The van der Waals surface area contributed by atoms with Crippen molar-refractivity contribution in [2.24, 2.45) is 5.92 Å². The van der Waals surface area contributed by atoms with E-state index in [1.807, 2.05) is 0 Å². The second-order valence-corrected chi connectivity index (χ2v) is 5.57. The molecule has 1 atom stereocenters. The predicted octanol–water partition coefficient (Wildman–Crippen LogP) is 1.27. The zero-order chi connectivity index (χ0) is 14.2. The van der Waals surface area contributed by atoms with Gasteiger partial charge >= 0.3 is 0 Å². The molecule has 20 heavy (non-hydrogen) atoms. The highest BCUT2D eigenvalue weighted by atomic mass is 16.5. The van der Waals surface area contributed by atoms with Crippen molar-refractivity contribution in [1.29, 1.82) is 0 Å². The van der Waals surface area contributed by atoms with Gasteiger partial charge in [-0.25, -0.2) is 0 Å². The SMILES string of the molecule is COCC1CCOC12CN(C(=O)c1cccc(O)c1)C2. The lowest BCUT2D eigenvalue weighted by Gasteiger charge is -2.50. The molecule has 1 spiro atoms. The van der Waals surface area contributed by atoms with E-state index in [1.54, 1.807) is 30.2 Å². The van der Waals surface area contributed by atoms with E-state index in [2.05, 4.69) is 0 Å². The Bertz CT molecular complexity index is 510. The topological polar surface area (TPSA) is 59.0 Å². The Balaban J connectivity index is 1.66. The Morgan fingerprint density at radius 1 is 1.55 bits per heavy atom. The van der Waals surface area contributed by atoms with E-state index in [9.17, 15) is 9.90 Å². The van der Waals surface area contributed by atoms with Crippen LogP contribution in [0.2, 0.25) is 0 Å². The molecule has 0 radical (unpaired) electrons. The Hall–Kier alpha value is -1.59. The number of rotatable bonds is 3. The molecule has 1 unspecified atom stereocenters. The molecule has 1 aromatic rings. The number of benzene rings is 1. The highest BCUT2D eigenvalue weighted by Gasteiger charge is 2.54. The number of hydrogen-bond donors (Lipinski definition) is 1. The second-order valence-electron chi connectivity index (χ2n) is 5.57. The van der Waals surface area contributed by atoms with Crippen LogP contribution in [-0.4, -0.2) is 54.9 Å². The largest absolute Gasteiger partial charge is 0.508 e. The summed E-state index contributed by atoms with van der Waals surface area (Å²) >= 11 is 0. The summed E-state index contributed by atoms with van der Waals surface area (Å²) in [5.74, 6) is 0.416. The van der Waals surface area contributed by atoms with Crippen LogP contribution in [0.4, 0.5) is 0 Å². The van der Waals surface area contributed by atoms with Crippen LogP contribution in [0.1, 0.15) is 16.8 Å². The van der Waals surface area contributed by atoms with Crippen molar-refractivity contribution in [3.8, 4) is 5.75 Å². The maximum Gasteiger partial charge on any atom is 0.254 e. The number of aromatic hydroxyl groups is 1. The number of hydrogen-bond acceptors (Lipinski definition) is 4. The van der Waals surface area contributed by atoms with E-state index in [0.717, 1.165) is 13.0 Å². The molecule has 5 heteroatoms. The Morgan fingerprint density at radius 3 is 3.05 bits per heavy atom. The van der Waals surface area contributed by atoms with Crippen molar-refractivity contribution < 1.29 is 19.4 Å². The van der Waals surface area contributed by atoms with Crippen LogP contribution in [-0.2, 0) is 9.47 Å². The Labute approximate surface area is 118 Å². The average molecular weight is 277 g/mol. The third kappa shape index (κ3) is 2.17. The number of amides is 1. The summed E-state index contributed by atoms with van der Waals surface area (Å²) in [4.78, 5) is 14.1. The van der Waals surface area contributed by atoms with Crippen molar-refractivity contribution in [3.05, 3.63) is 29.8 Å². The van der Waals surface area contributed by atoms with Gasteiger partial charge in [0.2, 0.25) is 0 Å². The van der Waals surface area contributed by atoms with Crippen LogP contribution in [0.5, 0.6) is 5.75 Å². The normalized spacial score (nSPS) is 23.9. The lowest BCUT2D eigenvalue weighted by atomic mass is 9.81. The van der Waals surface area contributed by atoms with E-state index < -0.39 is 0 Å². The van der Waals surface area contributed by atoms with E-state index in [1.165, 1.54) is 6.07 Å². The molecule has 2 fully saturated rings. The minimum Gasteiger partial charge on any atom is -0.508 e.